The largest absolute Gasteiger partial charge is 0.465 e. The van der Waals surface area contributed by atoms with Gasteiger partial charge in [0.25, 0.3) is 0 Å². The van der Waals surface area contributed by atoms with Crippen LogP contribution in [-0.4, -0.2) is 136 Å². The highest BCUT2D eigenvalue weighted by Gasteiger charge is 2.73. The van der Waals surface area contributed by atoms with Crippen molar-refractivity contribution in [2.45, 2.75) is 217 Å². The molecule has 0 amide bonds. The van der Waals surface area contributed by atoms with Gasteiger partial charge < -0.3 is 63.4 Å². The SMILES string of the molecule is CC(=O)O[C@H]1C[C@H](O[C@H]2[C@@H](O)C[C@H](O[C@H]3[C@@H](O)C[C@H](O[C@H]4CC[C@@]5(C)C(CCC6C5C[C@@H](O)[C@]5(C)[C@@H](C7(C)COC(=O)C7)CC[C@]65O)C4)O[C@@H]3C)O[C@@H]2C)O[C@H](C)[C@H]1O. The molecule has 0 spiro atoms. The number of carbonyl (C=O) groups excluding carboxylic acids is 2. The molecule has 15 nitrogen and oxygen atoms in total. The number of hydrogen-bond donors (Lipinski definition) is 5. The maximum absolute atomic E-state index is 12.7. The topological polar surface area (TPSA) is 209 Å². The molecule has 4 unspecified atom stereocenters. The van der Waals surface area contributed by atoms with E-state index in [1.165, 1.54) is 6.92 Å². The molecule has 4 heterocycles. The first-order valence-electron chi connectivity index (χ1n) is 22.5. The van der Waals surface area contributed by atoms with E-state index in [4.69, 9.17) is 37.9 Å². The van der Waals surface area contributed by atoms with Crippen LogP contribution < -0.4 is 0 Å². The second kappa shape index (κ2) is 16.2. The van der Waals surface area contributed by atoms with E-state index in [-0.39, 0.29) is 59.9 Å². The quantitative estimate of drug-likeness (QED) is 0.176. The predicted octanol–water partition coefficient (Wildman–Crippen LogP) is 3.26. The fraction of sp³-hybridized carbons (Fsp3) is 0.955. The van der Waals surface area contributed by atoms with Crippen molar-refractivity contribution in [3.05, 3.63) is 0 Å². The lowest BCUT2D eigenvalue weighted by Gasteiger charge is -2.65. The van der Waals surface area contributed by atoms with Crippen molar-refractivity contribution in [3.8, 4) is 0 Å². The number of rotatable bonds is 8. The Bertz CT molecular complexity index is 1520. The van der Waals surface area contributed by atoms with Crippen molar-refractivity contribution in [3.63, 3.8) is 0 Å². The molecule has 4 aliphatic carbocycles. The number of aliphatic hydroxyl groups is 5. The molecule has 8 aliphatic rings. The normalized spacial score (nSPS) is 55.1. The predicted molar refractivity (Wildman–Crippen MR) is 207 cm³/mol. The summed E-state index contributed by atoms with van der Waals surface area (Å²) in [7, 11) is 0. The van der Waals surface area contributed by atoms with Crippen molar-refractivity contribution in [2.24, 2.45) is 39.9 Å². The summed E-state index contributed by atoms with van der Waals surface area (Å²) >= 11 is 0. The molecule has 8 rings (SSSR count). The number of cyclic esters (lactones) is 1. The van der Waals surface area contributed by atoms with Gasteiger partial charge in [0.2, 0.25) is 0 Å². The first-order chi connectivity index (χ1) is 27.8. The molecule has 59 heavy (non-hydrogen) atoms. The molecule has 0 aromatic heterocycles. The summed E-state index contributed by atoms with van der Waals surface area (Å²) in [5.74, 6) is -0.0839. The number of carbonyl (C=O) groups is 2. The van der Waals surface area contributed by atoms with Crippen LogP contribution >= 0.6 is 0 Å². The molecule has 0 aromatic carbocycles. The Kier molecular flexibility index (Phi) is 12.1. The summed E-state index contributed by atoms with van der Waals surface area (Å²) in [6.45, 7) is 13.4. The first kappa shape index (κ1) is 44.1. The lowest BCUT2D eigenvalue weighted by molar-refractivity contribution is -0.336. The highest BCUT2D eigenvalue weighted by atomic mass is 16.7. The molecule has 22 atom stereocenters. The van der Waals surface area contributed by atoms with E-state index in [0.717, 1.165) is 38.5 Å². The van der Waals surface area contributed by atoms with Crippen molar-refractivity contribution < 1.29 is 73.0 Å². The highest BCUT2D eigenvalue weighted by Crippen LogP contribution is 2.71. The first-order valence-corrected chi connectivity index (χ1v) is 22.5. The fourth-order valence-corrected chi connectivity index (χ4v) is 13.9. The van der Waals surface area contributed by atoms with Crippen LogP contribution in [0.1, 0.15) is 126 Å². The number of aliphatic hydroxyl groups excluding tert-OH is 4. The second-order valence-corrected chi connectivity index (χ2v) is 20.6. The van der Waals surface area contributed by atoms with Gasteiger partial charge in [-0.05, 0) is 101 Å². The molecule has 4 saturated carbocycles. The standard InChI is InChI=1S/C44H70O15/c1-21-38(50)31(56-24(4)45)18-37(53-21)59-40-23(3)55-36(17-30(40)47)58-39-22(2)54-35(16-29(39)46)57-26-10-12-42(6)25(14-26)8-9-27-28(42)15-33(48)43(7)32(11-13-44(27,43)51)41(5)19-34(49)52-20-41/h21-23,25-33,35-40,46-48,50-51H,8-20H2,1-7H3/t21-,22-,23-,25?,26+,27?,28?,29+,30+,31+,32-,33-,35+,36+,37+,38-,39-,40-,41?,42+,43+,44+/m1/s1. The Morgan fingerprint density at radius 2 is 1.34 bits per heavy atom. The van der Waals surface area contributed by atoms with Crippen LogP contribution in [0, 0.1) is 39.9 Å². The minimum Gasteiger partial charge on any atom is -0.465 e. The molecule has 0 radical (unpaired) electrons. The van der Waals surface area contributed by atoms with Crippen LogP contribution in [0.2, 0.25) is 0 Å². The summed E-state index contributed by atoms with van der Waals surface area (Å²) in [6.07, 6.45) is -2.73. The molecule has 4 aliphatic heterocycles. The van der Waals surface area contributed by atoms with E-state index in [9.17, 15) is 35.1 Å². The minimum atomic E-state index is -1.00. The Balaban J connectivity index is 0.831. The van der Waals surface area contributed by atoms with Gasteiger partial charge >= 0.3 is 11.9 Å². The number of hydrogen-bond acceptors (Lipinski definition) is 15. The number of ether oxygens (including phenoxy) is 8. The van der Waals surface area contributed by atoms with Crippen LogP contribution in [0.25, 0.3) is 0 Å². The van der Waals surface area contributed by atoms with Crippen LogP contribution in [-0.2, 0) is 47.5 Å². The Hall–Kier alpha value is -1.50. The molecule has 0 bridgehead atoms. The van der Waals surface area contributed by atoms with Gasteiger partial charge in [0.1, 0.15) is 24.4 Å². The van der Waals surface area contributed by atoms with E-state index in [2.05, 4.69) is 20.8 Å². The average Bonchev–Trinajstić information content (AvgIpc) is 3.66. The van der Waals surface area contributed by atoms with E-state index >= 15 is 0 Å². The highest BCUT2D eigenvalue weighted by molar-refractivity contribution is 5.72. The van der Waals surface area contributed by atoms with Crippen LogP contribution in [0.3, 0.4) is 0 Å². The van der Waals surface area contributed by atoms with Gasteiger partial charge in [0.15, 0.2) is 18.9 Å². The van der Waals surface area contributed by atoms with Crippen LogP contribution in [0.4, 0.5) is 0 Å². The smallest absolute Gasteiger partial charge is 0.306 e. The Morgan fingerprint density at radius 1 is 0.729 bits per heavy atom. The molecule has 0 aromatic rings. The van der Waals surface area contributed by atoms with Gasteiger partial charge in [-0.3, -0.25) is 9.59 Å². The summed E-state index contributed by atoms with van der Waals surface area (Å²) in [6, 6.07) is 0. The zero-order chi connectivity index (χ0) is 42.4. The van der Waals surface area contributed by atoms with Gasteiger partial charge in [0.05, 0.1) is 61.4 Å². The zero-order valence-corrected chi connectivity index (χ0v) is 35.9. The van der Waals surface area contributed by atoms with Crippen LogP contribution in [0.15, 0.2) is 0 Å². The van der Waals surface area contributed by atoms with Gasteiger partial charge in [-0.2, -0.15) is 0 Å². The average molecular weight is 839 g/mol. The number of fused-ring (bicyclic) bond motifs is 5. The van der Waals surface area contributed by atoms with E-state index in [0.29, 0.717) is 31.8 Å². The molecular weight excluding hydrogens is 768 g/mol. The van der Waals surface area contributed by atoms with Gasteiger partial charge in [-0.1, -0.05) is 20.8 Å². The van der Waals surface area contributed by atoms with E-state index in [1.54, 1.807) is 13.8 Å². The zero-order valence-electron chi connectivity index (χ0n) is 35.9. The third kappa shape index (κ3) is 7.71. The summed E-state index contributed by atoms with van der Waals surface area (Å²) in [4.78, 5) is 23.8. The lowest BCUT2D eigenvalue weighted by Crippen LogP contribution is -2.68. The van der Waals surface area contributed by atoms with E-state index in [1.807, 2.05) is 6.92 Å². The lowest BCUT2D eigenvalue weighted by atomic mass is 9.41. The number of esters is 2. The maximum atomic E-state index is 12.7. The van der Waals surface area contributed by atoms with Crippen molar-refractivity contribution in [1.29, 1.82) is 0 Å². The summed E-state index contributed by atoms with van der Waals surface area (Å²) in [5, 5.41) is 57.7. The van der Waals surface area contributed by atoms with Crippen molar-refractivity contribution in [1.82, 2.24) is 0 Å². The second-order valence-electron chi connectivity index (χ2n) is 20.6. The molecule has 5 N–H and O–H groups in total. The van der Waals surface area contributed by atoms with Crippen molar-refractivity contribution >= 4 is 11.9 Å². The molecular formula is C44H70O15. The maximum Gasteiger partial charge on any atom is 0.306 e. The van der Waals surface area contributed by atoms with Gasteiger partial charge in [0, 0.05) is 37.0 Å². The Morgan fingerprint density at radius 3 is 1.93 bits per heavy atom. The monoisotopic (exact) mass is 838 g/mol. The third-order valence-electron chi connectivity index (χ3n) is 17.1. The van der Waals surface area contributed by atoms with Gasteiger partial charge in [-0.15, -0.1) is 0 Å². The minimum absolute atomic E-state index is 0.000942. The van der Waals surface area contributed by atoms with Crippen LogP contribution in [0.5, 0.6) is 0 Å². The van der Waals surface area contributed by atoms with Gasteiger partial charge in [-0.25, -0.2) is 0 Å². The fourth-order valence-electron chi connectivity index (χ4n) is 13.9. The Labute approximate surface area is 348 Å². The van der Waals surface area contributed by atoms with E-state index < -0.39 is 96.9 Å². The molecule has 15 heteroatoms. The summed E-state index contributed by atoms with van der Waals surface area (Å²) < 4.78 is 47.9. The van der Waals surface area contributed by atoms with Crippen molar-refractivity contribution in [2.75, 3.05) is 6.61 Å². The molecule has 4 saturated heterocycles. The molecule has 336 valence electrons. The molecule has 8 fully saturated rings. The third-order valence-corrected chi connectivity index (χ3v) is 17.1. The summed E-state index contributed by atoms with van der Waals surface area (Å²) in [5.41, 5.74) is -2.16.